The molecule has 1 aromatic rings. The lowest BCUT2D eigenvalue weighted by Crippen LogP contribution is -2.47. The minimum atomic E-state index is -0.843. The minimum absolute atomic E-state index is 0.00111. The van der Waals surface area contributed by atoms with Crippen molar-refractivity contribution in [2.45, 2.75) is 19.9 Å². The summed E-state index contributed by atoms with van der Waals surface area (Å²) in [5.41, 5.74) is 0.583. The van der Waals surface area contributed by atoms with Crippen molar-refractivity contribution in [3.8, 4) is 0 Å². The molecule has 1 aromatic heterocycles. The number of nitrogens with zero attached hydrogens (tertiary/aromatic N) is 2. The van der Waals surface area contributed by atoms with E-state index >= 15 is 0 Å². The normalized spacial score (nSPS) is 25.2. The largest absolute Gasteiger partial charge is 0.480 e. The molecule has 1 N–H and O–H groups in total. The Morgan fingerprint density at radius 3 is 2.70 bits per heavy atom. The summed E-state index contributed by atoms with van der Waals surface area (Å²) in [6.07, 6.45) is 0. The van der Waals surface area contributed by atoms with E-state index in [0.29, 0.717) is 49.9 Å². The summed E-state index contributed by atoms with van der Waals surface area (Å²) in [5.74, 6) is 0.559. The third-order valence-corrected chi connectivity index (χ3v) is 4.44. The van der Waals surface area contributed by atoms with E-state index in [2.05, 4.69) is 0 Å². The van der Waals surface area contributed by atoms with Crippen molar-refractivity contribution < 1.29 is 23.8 Å². The molecule has 1 amide bonds. The summed E-state index contributed by atoms with van der Waals surface area (Å²) in [6, 6.07) is 1.63. The maximum Gasteiger partial charge on any atom is 0.317 e. The lowest BCUT2D eigenvalue weighted by atomic mass is 10.1. The van der Waals surface area contributed by atoms with Crippen LogP contribution in [0.5, 0.6) is 0 Å². The van der Waals surface area contributed by atoms with Gasteiger partial charge in [-0.15, -0.1) is 0 Å². The average molecular weight is 322 g/mol. The SMILES string of the molecule is Cc1cc(C(=O)N2C[C@H]3COC[C@@H]2CN(CC(=O)O)C3)c(C)o1. The van der Waals surface area contributed by atoms with Crippen molar-refractivity contribution in [2.75, 3.05) is 39.4 Å². The van der Waals surface area contributed by atoms with Gasteiger partial charge in [-0.3, -0.25) is 14.5 Å². The number of furan rings is 1. The Hall–Kier alpha value is -1.86. The van der Waals surface area contributed by atoms with Crippen molar-refractivity contribution in [1.29, 1.82) is 0 Å². The number of amides is 1. The summed E-state index contributed by atoms with van der Waals surface area (Å²) in [5, 5.41) is 9.05. The quantitative estimate of drug-likeness (QED) is 0.884. The zero-order valence-corrected chi connectivity index (χ0v) is 13.4. The van der Waals surface area contributed by atoms with Gasteiger partial charge in [0.2, 0.25) is 0 Å². The molecule has 0 unspecified atom stereocenters. The van der Waals surface area contributed by atoms with Crippen LogP contribution in [0.4, 0.5) is 0 Å². The summed E-state index contributed by atoms with van der Waals surface area (Å²) >= 11 is 0. The highest BCUT2D eigenvalue weighted by molar-refractivity contribution is 5.95. The van der Waals surface area contributed by atoms with Gasteiger partial charge in [0.1, 0.15) is 11.5 Å². The number of carbonyl (C=O) groups is 2. The fourth-order valence-corrected chi connectivity index (χ4v) is 3.51. The molecule has 23 heavy (non-hydrogen) atoms. The summed E-state index contributed by atoms with van der Waals surface area (Å²) in [7, 11) is 0. The molecule has 7 heteroatoms. The molecule has 0 spiro atoms. The number of aliphatic carboxylic acids is 1. The third-order valence-electron chi connectivity index (χ3n) is 4.44. The van der Waals surface area contributed by atoms with Crippen molar-refractivity contribution in [3.63, 3.8) is 0 Å². The maximum absolute atomic E-state index is 12.9. The molecular weight excluding hydrogens is 300 g/mol. The molecule has 2 atom stereocenters. The lowest BCUT2D eigenvalue weighted by Gasteiger charge is -2.30. The predicted molar refractivity (Wildman–Crippen MR) is 81.4 cm³/mol. The number of hydrogen-bond acceptors (Lipinski definition) is 5. The highest BCUT2D eigenvalue weighted by Gasteiger charge is 2.37. The first-order chi connectivity index (χ1) is 10.9. The molecule has 0 saturated carbocycles. The van der Waals surface area contributed by atoms with Crippen LogP contribution in [0.1, 0.15) is 21.9 Å². The molecule has 2 bridgehead atoms. The van der Waals surface area contributed by atoms with Crippen LogP contribution in [0, 0.1) is 19.8 Å². The number of carbonyl (C=O) groups excluding carboxylic acids is 1. The van der Waals surface area contributed by atoms with E-state index in [1.54, 1.807) is 13.0 Å². The van der Waals surface area contributed by atoms with Crippen molar-refractivity contribution >= 4 is 11.9 Å². The maximum atomic E-state index is 12.9. The second kappa shape index (κ2) is 6.33. The second-order valence-electron chi connectivity index (χ2n) is 6.43. The van der Waals surface area contributed by atoms with Crippen LogP contribution in [0.25, 0.3) is 0 Å². The molecule has 126 valence electrons. The van der Waals surface area contributed by atoms with E-state index in [1.165, 1.54) is 0 Å². The Balaban J connectivity index is 1.83. The highest BCUT2D eigenvalue weighted by Crippen LogP contribution is 2.24. The number of rotatable bonds is 3. The Kier molecular flexibility index (Phi) is 4.41. The van der Waals surface area contributed by atoms with Gasteiger partial charge in [0.25, 0.3) is 5.91 Å². The van der Waals surface area contributed by atoms with Crippen LogP contribution in [-0.4, -0.2) is 72.2 Å². The highest BCUT2D eigenvalue weighted by atomic mass is 16.5. The van der Waals surface area contributed by atoms with Gasteiger partial charge in [-0.1, -0.05) is 0 Å². The van der Waals surface area contributed by atoms with E-state index in [1.807, 2.05) is 16.7 Å². The van der Waals surface area contributed by atoms with Crippen LogP contribution in [0.2, 0.25) is 0 Å². The van der Waals surface area contributed by atoms with Crippen molar-refractivity contribution in [1.82, 2.24) is 9.80 Å². The van der Waals surface area contributed by atoms with E-state index in [4.69, 9.17) is 14.3 Å². The van der Waals surface area contributed by atoms with Crippen LogP contribution < -0.4 is 0 Å². The summed E-state index contributed by atoms with van der Waals surface area (Å²) in [4.78, 5) is 27.7. The summed E-state index contributed by atoms with van der Waals surface area (Å²) < 4.78 is 11.2. The Labute approximate surface area is 134 Å². The van der Waals surface area contributed by atoms with E-state index in [-0.39, 0.29) is 24.4 Å². The molecule has 0 aliphatic carbocycles. The van der Waals surface area contributed by atoms with Gasteiger partial charge in [-0.2, -0.15) is 0 Å². The second-order valence-corrected chi connectivity index (χ2v) is 6.43. The molecule has 7 nitrogen and oxygen atoms in total. The molecule has 2 aliphatic rings. The topological polar surface area (TPSA) is 83.2 Å². The molecule has 2 saturated heterocycles. The standard InChI is InChI=1S/C16H22N2O5/c1-10-3-14(11(2)23-10)16(21)18-5-12-4-17(7-15(19)20)6-13(18)9-22-8-12/h3,12-13H,4-9H2,1-2H3,(H,19,20)/t12-,13-/m0/s1. The van der Waals surface area contributed by atoms with Gasteiger partial charge >= 0.3 is 5.97 Å². The first-order valence-electron chi connectivity index (χ1n) is 7.84. The fourth-order valence-electron chi connectivity index (χ4n) is 3.51. The molecule has 0 aromatic carbocycles. The zero-order chi connectivity index (χ0) is 16.6. The Morgan fingerprint density at radius 1 is 1.26 bits per heavy atom. The first-order valence-corrected chi connectivity index (χ1v) is 7.84. The van der Waals surface area contributed by atoms with E-state index in [0.717, 1.165) is 0 Å². The predicted octanol–water partition coefficient (Wildman–Crippen LogP) is 0.754. The van der Waals surface area contributed by atoms with Gasteiger partial charge in [0, 0.05) is 25.6 Å². The van der Waals surface area contributed by atoms with Gasteiger partial charge in [-0.05, 0) is 19.9 Å². The number of aryl methyl sites for hydroxylation is 2. The van der Waals surface area contributed by atoms with Crippen LogP contribution in [0.3, 0.4) is 0 Å². The fraction of sp³-hybridized carbons (Fsp3) is 0.625. The Bertz CT molecular complexity index is 612. The van der Waals surface area contributed by atoms with E-state index in [9.17, 15) is 9.59 Å². The number of carboxylic acid groups (broad SMARTS) is 1. The number of carboxylic acids is 1. The molecular formula is C16H22N2O5. The smallest absolute Gasteiger partial charge is 0.317 e. The van der Waals surface area contributed by atoms with Gasteiger partial charge in [-0.25, -0.2) is 0 Å². The minimum Gasteiger partial charge on any atom is -0.480 e. The average Bonchev–Trinajstić information content (AvgIpc) is 2.61. The number of ether oxygens (including phenoxy) is 1. The van der Waals surface area contributed by atoms with Crippen LogP contribution in [0.15, 0.2) is 10.5 Å². The van der Waals surface area contributed by atoms with Gasteiger partial charge in [0.05, 0.1) is 31.4 Å². The van der Waals surface area contributed by atoms with Gasteiger partial charge in [0.15, 0.2) is 0 Å². The van der Waals surface area contributed by atoms with Crippen molar-refractivity contribution in [2.24, 2.45) is 5.92 Å². The van der Waals surface area contributed by atoms with Gasteiger partial charge < -0.3 is 19.2 Å². The third kappa shape index (κ3) is 3.40. The lowest BCUT2D eigenvalue weighted by molar-refractivity contribution is -0.138. The number of hydrogen-bond donors (Lipinski definition) is 1. The Morgan fingerprint density at radius 2 is 2.04 bits per heavy atom. The monoisotopic (exact) mass is 322 g/mol. The zero-order valence-electron chi connectivity index (χ0n) is 13.4. The number of fused-ring (bicyclic) bond motifs is 3. The summed E-state index contributed by atoms with van der Waals surface area (Å²) in [6.45, 7) is 6.34. The van der Waals surface area contributed by atoms with Crippen molar-refractivity contribution in [3.05, 3.63) is 23.2 Å². The molecule has 3 heterocycles. The van der Waals surface area contributed by atoms with Crippen LogP contribution >= 0.6 is 0 Å². The molecule has 2 aliphatic heterocycles. The molecule has 3 rings (SSSR count). The molecule has 0 radical (unpaired) electrons. The molecule has 2 fully saturated rings. The van der Waals surface area contributed by atoms with E-state index < -0.39 is 5.97 Å². The first kappa shape index (κ1) is 16.0. The van der Waals surface area contributed by atoms with Crippen LogP contribution in [-0.2, 0) is 9.53 Å².